The highest BCUT2D eigenvalue weighted by molar-refractivity contribution is 7.47. The van der Waals surface area contributed by atoms with Crippen LogP contribution in [0.4, 0.5) is 0 Å². The van der Waals surface area contributed by atoms with Crippen molar-refractivity contribution in [2.75, 3.05) is 39.6 Å². The molecule has 19 heteroatoms. The predicted molar refractivity (Wildman–Crippen MR) is 368 cm³/mol. The van der Waals surface area contributed by atoms with Crippen LogP contribution >= 0.6 is 15.6 Å². The fourth-order valence-electron chi connectivity index (χ4n) is 10.9. The molecule has 0 amide bonds. The third-order valence-corrected chi connectivity index (χ3v) is 18.6. The molecule has 0 radical (unpaired) electrons. The van der Waals surface area contributed by atoms with Crippen LogP contribution in [-0.4, -0.2) is 96.7 Å². The van der Waals surface area contributed by atoms with E-state index in [1.54, 1.807) is 0 Å². The summed E-state index contributed by atoms with van der Waals surface area (Å²) in [6.45, 7) is 9.53. The zero-order valence-electron chi connectivity index (χ0n) is 59.1. The lowest BCUT2D eigenvalue weighted by Crippen LogP contribution is -2.30. The highest BCUT2D eigenvalue weighted by atomic mass is 31.2. The number of phosphoric ester groups is 2. The molecular formula is C72H140O17P2. The summed E-state index contributed by atoms with van der Waals surface area (Å²) in [4.78, 5) is 72.3. The van der Waals surface area contributed by atoms with Crippen LogP contribution in [0.1, 0.15) is 369 Å². The minimum Gasteiger partial charge on any atom is -0.462 e. The Morgan fingerprint density at radius 3 is 0.747 bits per heavy atom. The minimum atomic E-state index is -4.95. The highest BCUT2D eigenvalue weighted by Gasteiger charge is 2.30. The van der Waals surface area contributed by atoms with Crippen molar-refractivity contribution in [3.8, 4) is 0 Å². The Morgan fingerprint density at radius 1 is 0.297 bits per heavy atom. The van der Waals surface area contributed by atoms with Crippen molar-refractivity contribution in [1.29, 1.82) is 0 Å². The van der Waals surface area contributed by atoms with Gasteiger partial charge in [-0.05, 0) is 37.5 Å². The quantitative estimate of drug-likeness (QED) is 0.0222. The molecule has 5 atom stereocenters. The fraction of sp³-hybridized carbons (Fsp3) is 0.944. The Morgan fingerprint density at radius 2 is 0.505 bits per heavy atom. The van der Waals surface area contributed by atoms with Gasteiger partial charge < -0.3 is 33.8 Å². The summed E-state index contributed by atoms with van der Waals surface area (Å²) in [5, 5.41) is 10.6. The fourth-order valence-corrected chi connectivity index (χ4v) is 12.5. The van der Waals surface area contributed by atoms with E-state index in [-0.39, 0.29) is 25.7 Å². The molecule has 540 valence electrons. The molecule has 0 heterocycles. The Kier molecular flexibility index (Phi) is 62.7. The van der Waals surface area contributed by atoms with Crippen molar-refractivity contribution in [1.82, 2.24) is 0 Å². The van der Waals surface area contributed by atoms with Crippen LogP contribution in [0.25, 0.3) is 0 Å². The number of ether oxygens (including phenoxy) is 4. The lowest BCUT2D eigenvalue weighted by atomic mass is 10.0. The van der Waals surface area contributed by atoms with E-state index >= 15 is 0 Å². The summed E-state index contributed by atoms with van der Waals surface area (Å²) >= 11 is 0. The number of rotatable bonds is 71. The summed E-state index contributed by atoms with van der Waals surface area (Å²) in [5.41, 5.74) is 0. The van der Waals surface area contributed by atoms with E-state index in [4.69, 9.17) is 37.0 Å². The maximum atomic E-state index is 13.1. The first-order chi connectivity index (χ1) is 43.9. The molecule has 3 N–H and O–H groups in total. The standard InChI is InChI=1S/C72H140O17P2/c1-7-9-11-13-34-42-48-54-69(74)82-60-67(88-71(76)56-50-44-35-14-12-10-8-2)62-86-90(78,79)84-58-66(73)59-85-91(80,81)87-63-68(61-83-70(75)55-49-43-38-32-28-24-21-17-19-23-27-31-37-41-47-53-65(5)6)89-72(77)57-51-45-39-33-29-25-20-16-15-18-22-26-30-36-40-46-52-64(3)4/h64-68,73H,7-63H2,1-6H3,(H,78,79)(H,80,81)/t66-,67+,68+/m0/s1. The number of hydrogen-bond donors (Lipinski definition) is 3. The largest absolute Gasteiger partial charge is 0.472 e. The first kappa shape index (κ1) is 89.1. The molecule has 0 saturated carbocycles. The maximum absolute atomic E-state index is 13.1. The second kappa shape index (κ2) is 64.1. The number of carbonyl (C=O) groups is 4. The topological polar surface area (TPSA) is 237 Å². The Hall–Kier alpha value is -1.94. The van der Waals surface area contributed by atoms with Gasteiger partial charge in [0.1, 0.15) is 19.3 Å². The van der Waals surface area contributed by atoms with Crippen LogP contribution in [0, 0.1) is 11.8 Å². The van der Waals surface area contributed by atoms with Gasteiger partial charge in [0.2, 0.25) is 0 Å². The number of hydrogen-bond acceptors (Lipinski definition) is 15. The summed E-state index contributed by atoms with van der Waals surface area (Å²) in [6, 6.07) is 0. The molecule has 2 unspecified atom stereocenters. The number of phosphoric acid groups is 2. The second-order valence-electron chi connectivity index (χ2n) is 26.9. The SMILES string of the molecule is CCCCCCCCCC(=O)OC[C@H](COP(=O)(O)OC[C@H](O)COP(=O)(O)OC[C@@H](COC(=O)CCCCCCCCCCCCCCCCCC(C)C)OC(=O)CCCCCCCCCCCCCCCCCCC(C)C)OC(=O)CCCCCCCCC. The Labute approximate surface area is 556 Å². The van der Waals surface area contributed by atoms with Gasteiger partial charge in [0.25, 0.3) is 0 Å². The van der Waals surface area contributed by atoms with E-state index in [0.29, 0.717) is 25.7 Å². The molecule has 0 spiro atoms. The molecule has 91 heavy (non-hydrogen) atoms. The van der Waals surface area contributed by atoms with Crippen LogP contribution in [0.3, 0.4) is 0 Å². The molecule has 0 aliphatic heterocycles. The van der Waals surface area contributed by atoms with E-state index in [0.717, 1.165) is 127 Å². The summed E-state index contributed by atoms with van der Waals surface area (Å²) in [6.07, 6.45) is 50.4. The summed E-state index contributed by atoms with van der Waals surface area (Å²) in [7, 11) is -9.89. The van der Waals surface area contributed by atoms with Gasteiger partial charge in [-0.3, -0.25) is 37.3 Å². The highest BCUT2D eigenvalue weighted by Crippen LogP contribution is 2.45. The molecule has 0 saturated heterocycles. The van der Waals surface area contributed by atoms with Gasteiger partial charge in [-0.25, -0.2) is 9.13 Å². The zero-order valence-corrected chi connectivity index (χ0v) is 60.9. The van der Waals surface area contributed by atoms with E-state index in [1.807, 2.05) is 0 Å². The van der Waals surface area contributed by atoms with E-state index in [2.05, 4.69) is 41.5 Å². The number of aliphatic hydroxyl groups excluding tert-OH is 1. The summed E-state index contributed by atoms with van der Waals surface area (Å²) < 4.78 is 68.1. The van der Waals surface area contributed by atoms with Crippen LogP contribution < -0.4 is 0 Å². The van der Waals surface area contributed by atoms with Crippen LogP contribution in [-0.2, 0) is 65.4 Å². The molecule has 0 aliphatic carbocycles. The van der Waals surface area contributed by atoms with Gasteiger partial charge in [0.05, 0.1) is 26.4 Å². The van der Waals surface area contributed by atoms with Crippen molar-refractivity contribution >= 4 is 39.5 Å². The average molecular weight is 1340 g/mol. The van der Waals surface area contributed by atoms with Gasteiger partial charge in [0.15, 0.2) is 12.2 Å². The molecule has 0 rings (SSSR count). The number of aliphatic hydroxyl groups is 1. The third kappa shape index (κ3) is 66.5. The molecule has 0 bridgehead atoms. The van der Waals surface area contributed by atoms with Gasteiger partial charge in [-0.15, -0.1) is 0 Å². The van der Waals surface area contributed by atoms with Crippen LogP contribution in [0.15, 0.2) is 0 Å². The van der Waals surface area contributed by atoms with Crippen molar-refractivity contribution in [2.24, 2.45) is 11.8 Å². The van der Waals surface area contributed by atoms with Gasteiger partial charge in [-0.2, -0.15) is 0 Å². The van der Waals surface area contributed by atoms with Gasteiger partial charge in [-0.1, -0.05) is 318 Å². The Balaban J connectivity index is 5.13. The van der Waals surface area contributed by atoms with Crippen molar-refractivity contribution in [2.45, 2.75) is 387 Å². The van der Waals surface area contributed by atoms with Crippen LogP contribution in [0.5, 0.6) is 0 Å². The number of carbonyl (C=O) groups excluding carboxylic acids is 4. The van der Waals surface area contributed by atoms with Crippen LogP contribution in [0.2, 0.25) is 0 Å². The van der Waals surface area contributed by atoms with Crippen molar-refractivity contribution in [3.05, 3.63) is 0 Å². The molecule has 0 aromatic rings. The van der Waals surface area contributed by atoms with Gasteiger partial charge >= 0.3 is 39.5 Å². The lowest BCUT2D eigenvalue weighted by Gasteiger charge is -2.21. The third-order valence-electron chi connectivity index (χ3n) is 16.7. The molecule has 17 nitrogen and oxygen atoms in total. The number of esters is 4. The molecule has 0 aromatic carbocycles. The minimum absolute atomic E-state index is 0.103. The normalized spacial score (nSPS) is 14.1. The molecular weight excluding hydrogens is 1200 g/mol. The predicted octanol–water partition coefficient (Wildman–Crippen LogP) is 20.8. The van der Waals surface area contributed by atoms with E-state index < -0.39 is 97.5 Å². The van der Waals surface area contributed by atoms with Crippen molar-refractivity contribution < 1.29 is 80.2 Å². The Bertz CT molecular complexity index is 1770. The van der Waals surface area contributed by atoms with Gasteiger partial charge in [0, 0.05) is 25.7 Å². The molecule has 0 fully saturated rings. The average Bonchev–Trinajstić information content (AvgIpc) is 2.23. The van der Waals surface area contributed by atoms with Crippen molar-refractivity contribution in [3.63, 3.8) is 0 Å². The smallest absolute Gasteiger partial charge is 0.462 e. The molecule has 0 aliphatic rings. The monoisotopic (exact) mass is 1340 g/mol. The first-order valence-electron chi connectivity index (χ1n) is 37.5. The lowest BCUT2D eigenvalue weighted by molar-refractivity contribution is -0.161. The second-order valence-corrected chi connectivity index (χ2v) is 29.8. The number of unbranched alkanes of at least 4 members (excludes halogenated alkanes) is 41. The van der Waals surface area contributed by atoms with E-state index in [1.165, 1.54) is 161 Å². The molecule has 0 aromatic heterocycles. The first-order valence-corrected chi connectivity index (χ1v) is 40.5. The summed E-state index contributed by atoms with van der Waals surface area (Å²) in [5.74, 6) is -0.515. The maximum Gasteiger partial charge on any atom is 0.472 e. The zero-order chi connectivity index (χ0) is 67.2. The van der Waals surface area contributed by atoms with E-state index in [9.17, 15) is 43.2 Å².